The number of hydrogen-bond donors (Lipinski definition) is 1. The quantitative estimate of drug-likeness (QED) is 0.834. The van der Waals surface area contributed by atoms with Crippen LogP contribution >= 0.6 is 11.8 Å². The van der Waals surface area contributed by atoms with Gasteiger partial charge in [-0.15, -0.1) is 11.8 Å². The Morgan fingerprint density at radius 3 is 2.76 bits per heavy atom. The average Bonchev–Trinajstić information content (AvgIpc) is 2.50. The zero-order valence-corrected chi connectivity index (χ0v) is 11.1. The standard InChI is InChI=1S/C13H16N2OS/c1-9-5-4-6-10(7-9)17-8-11-14-12(16)13(2,3)15-11/h4-7H,8H2,1-3H3,(H,14,15,16). The van der Waals surface area contributed by atoms with Gasteiger partial charge in [-0.1, -0.05) is 17.7 Å². The van der Waals surface area contributed by atoms with Crippen LogP contribution in [0.2, 0.25) is 0 Å². The molecule has 1 aromatic rings. The molecule has 4 heteroatoms. The Morgan fingerprint density at radius 2 is 2.18 bits per heavy atom. The normalized spacial score (nSPS) is 17.8. The van der Waals surface area contributed by atoms with Gasteiger partial charge in [0.1, 0.15) is 11.4 Å². The lowest BCUT2D eigenvalue weighted by atomic mass is 10.1. The molecule has 0 spiro atoms. The van der Waals surface area contributed by atoms with Gasteiger partial charge in [-0.05, 0) is 32.9 Å². The molecule has 90 valence electrons. The van der Waals surface area contributed by atoms with Crippen LogP contribution in [0.1, 0.15) is 19.4 Å². The van der Waals surface area contributed by atoms with Gasteiger partial charge in [0, 0.05) is 4.90 Å². The SMILES string of the molecule is Cc1cccc(SCC2=NC(C)(C)C(=O)N2)c1. The summed E-state index contributed by atoms with van der Waals surface area (Å²) >= 11 is 1.69. The van der Waals surface area contributed by atoms with Crippen LogP contribution in [-0.4, -0.2) is 23.0 Å². The lowest BCUT2D eigenvalue weighted by Crippen LogP contribution is -2.34. The summed E-state index contributed by atoms with van der Waals surface area (Å²) in [5.41, 5.74) is 0.635. The Kier molecular flexibility index (Phi) is 3.24. The van der Waals surface area contributed by atoms with Crippen molar-refractivity contribution in [1.82, 2.24) is 5.32 Å². The molecule has 0 aliphatic carbocycles. The highest BCUT2D eigenvalue weighted by Crippen LogP contribution is 2.21. The van der Waals surface area contributed by atoms with Crippen LogP contribution in [-0.2, 0) is 4.79 Å². The average molecular weight is 248 g/mol. The topological polar surface area (TPSA) is 41.5 Å². The molecule has 1 aromatic carbocycles. The summed E-state index contributed by atoms with van der Waals surface area (Å²) in [5, 5.41) is 2.82. The number of hydrogen-bond acceptors (Lipinski definition) is 3. The van der Waals surface area contributed by atoms with Crippen LogP contribution in [0, 0.1) is 6.92 Å². The van der Waals surface area contributed by atoms with E-state index in [0.717, 1.165) is 5.84 Å². The second-order valence-electron chi connectivity index (χ2n) is 4.68. The van der Waals surface area contributed by atoms with Crippen LogP contribution in [0.15, 0.2) is 34.2 Å². The zero-order chi connectivity index (χ0) is 12.5. The molecule has 1 heterocycles. The number of nitrogens with one attached hydrogen (secondary N) is 1. The fourth-order valence-corrected chi connectivity index (χ4v) is 2.51. The summed E-state index contributed by atoms with van der Waals surface area (Å²) in [5.74, 6) is 1.46. The Morgan fingerprint density at radius 1 is 1.41 bits per heavy atom. The van der Waals surface area contributed by atoms with Crippen molar-refractivity contribution in [2.45, 2.75) is 31.2 Å². The van der Waals surface area contributed by atoms with Crippen LogP contribution < -0.4 is 5.32 Å². The predicted octanol–water partition coefficient (Wildman–Crippen LogP) is 2.39. The summed E-state index contributed by atoms with van der Waals surface area (Å²) in [6.07, 6.45) is 0. The van der Waals surface area contributed by atoms with Crippen molar-refractivity contribution >= 4 is 23.5 Å². The number of thioether (sulfide) groups is 1. The van der Waals surface area contributed by atoms with Crippen LogP contribution in [0.25, 0.3) is 0 Å². The van der Waals surface area contributed by atoms with E-state index in [4.69, 9.17) is 0 Å². The predicted molar refractivity (Wildman–Crippen MR) is 71.6 cm³/mol. The van der Waals surface area contributed by atoms with E-state index < -0.39 is 5.54 Å². The molecule has 0 bridgehead atoms. The number of aryl methyl sites for hydroxylation is 1. The number of nitrogens with zero attached hydrogens (tertiary/aromatic N) is 1. The number of rotatable bonds is 3. The lowest BCUT2D eigenvalue weighted by molar-refractivity contribution is -0.122. The molecule has 1 N–H and O–H groups in total. The van der Waals surface area contributed by atoms with Crippen molar-refractivity contribution in [3.8, 4) is 0 Å². The molecule has 1 aliphatic rings. The Bertz CT molecular complexity index is 480. The van der Waals surface area contributed by atoms with E-state index in [2.05, 4.69) is 35.4 Å². The summed E-state index contributed by atoms with van der Waals surface area (Å²) < 4.78 is 0. The molecule has 0 saturated carbocycles. The smallest absolute Gasteiger partial charge is 0.252 e. The van der Waals surface area contributed by atoms with Crippen LogP contribution in [0.3, 0.4) is 0 Å². The summed E-state index contributed by atoms with van der Waals surface area (Å²) in [7, 11) is 0. The van der Waals surface area contributed by atoms with E-state index in [0.29, 0.717) is 5.75 Å². The van der Waals surface area contributed by atoms with Crippen molar-refractivity contribution in [3.05, 3.63) is 29.8 Å². The molecule has 2 rings (SSSR count). The van der Waals surface area contributed by atoms with Crippen LogP contribution in [0.4, 0.5) is 0 Å². The second-order valence-corrected chi connectivity index (χ2v) is 5.73. The van der Waals surface area contributed by atoms with E-state index in [-0.39, 0.29) is 5.91 Å². The van der Waals surface area contributed by atoms with Gasteiger partial charge in [0.15, 0.2) is 0 Å². The number of aliphatic imine (C=N–C) groups is 1. The fourth-order valence-electron chi connectivity index (χ4n) is 1.63. The number of amidine groups is 1. The minimum atomic E-state index is -0.609. The maximum absolute atomic E-state index is 11.5. The lowest BCUT2D eigenvalue weighted by Gasteiger charge is -2.07. The number of carbonyl (C=O) groups is 1. The first kappa shape index (κ1) is 12.2. The number of benzene rings is 1. The number of carbonyl (C=O) groups excluding carboxylic acids is 1. The van der Waals surface area contributed by atoms with E-state index in [1.807, 2.05) is 19.9 Å². The summed E-state index contributed by atoms with van der Waals surface area (Å²) in [6, 6.07) is 8.31. The van der Waals surface area contributed by atoms with Gasteiger partial charge >= 0.3 is 0 Å². The third-order valence-corrected chi connectivity index (χ3v) is 3.60. The van der Waals surface area contributed by atoms with Crippen molar-refractivity contribution in [2.24, 2.45) is 4.99 Å². The molecule has 0 atom stereocenters. The number of amides is 1. The first-order valence-electron chi connectivity index (χ1n) is 5.57. The second kappa shape index (κ2) is 4.53. The monoisotopic (exact) mass is 248 g/mol. The van der Waals surface area contributed by atoms with Gasteiger partial charge in [0.05, 0.1) is 5.75 Å². The minimum absolute atomic E-state index is 0.0163. The molecule has 0 fully saturated rings. The third kappa shape index (κ3) is 2.88. The van der Waals surface area contributed by atoms with Gasteiger partial charge < -0.3 is 5.32 Å². The fraction of sp³-hybridized carbons (Fsp3) is 0.385. The van der Waals surface area contributed by atoms with Crippen molar-refractivity contribution in [3.63, 3.8) is 0 Å². The minimum Gasteiger partial charge on any atom is -0.312 e. The first-order chi connectivity index (χ1) is 7.97. The first-order valence-corrected chi connectivity index (χ1v) is 6.55. The van der Waals surface area contributed by atoms with E-state index in [1.165, 1.54) is 10.5 Å². The molecule has 3 nitrogen and oxygen atoms in total. The summed E-state index contributed by atoms with van der Waals surface area (Å²) in [4.78, 5) is 17.1. The van der Waals surface area contributed by atoms with Gasteiger partial charge in [-0.25, -0.2) is 0 Å². The highest BCUT2D eigenvalue weighted by atomic mass is 32.2. The van der Waals surface area contributed by atoms with Crippen molar-refractivity contribution in [1.29, 1.82) is 0 Å². The molecule has 0 unspecified atom stereocenters. The van der Waals surface area contributed by atoms with Crippen molar-refractivity contribution in [2.75, 3.05) is 5.75 Å². The maximum atomic E-state index is 11.5. The van der Waals surface area contributed by atoms with Crippen molar-refractivity contribution < 1.29 is 4.79 Å². The van der Waals surface area contributed by atoms with Gasteiger partial charge in [0.25, 0.3) is 5.91 Å². The Hall–Kier alpha value is -1.29. The van der Waals surface area contributed by atoms with E-state index in [1.54, 1.807) is 11.8 Å². The molecule has 0 aromatic heterocycles. The highest BCUT2D eigenvalue weighted by Gasteiger charge is 2.33. The Labute approximate surface area is 106 Å². The third-order valence-electron chi connectivity index (χ3n) is 2.59. The van der Waals surface area contributed by atoms with Crippen LogP contribution in [0.5, 0.6) is 0 Å². The molecular weight excluding hydrogens is 232 g/mol. The summed E-state index contributed by atoms with van der Waals surface area (Å²) in [6.45, 7) is 5.72. The molecule has 1 aliphatic heterocycles. The maximum Gasteiger partial charge on any atom is 0.252 e. The molecule has 17 heavy (non-hydrogen) atoms. The highest BCUT2D eigenvalue weighted by molar-refractivity contribution is 8.00. The zero-order valence-electron chi connectivity index (χ0n) is 10.3. The van der Waals surface area contributed by atoms with Gasteiger partial charge in [-0.2, -0.15) is 0 Å². The van der Waals surface area contributed by atoms with Gasteiger partial charge in [-0.3, -0.25) is 9.79 Å². The largest absolute Gasteiger partial charge is 0.312 e. The molecule has 0 radical (unpaired) electrons. The molecular formula is C13H16N2OS. The molecule has 1 amide bonds. The Balaban J connectivity index is 1.98. The van der Waals surface area contributed by atoms with E-state index in [9.17, 15) is 4.79 Å². The van der Waals surface area contributed by atoms with E-state index >= 15 is 0 Å². The van der Waals surface area contributed by atoms with Gasteiger partial charge in [0.2, 0.25) is 0 Å². The molecule has 0 saturated heterocycles.